The number of carbonyl (C=O) groups excluding carboxylic acids is 1. The maximum Gasteiger partial charge on any atom is 0.221 e. The third-order valence-electron chi connectivity index (χ3n) is 3.68. The van der Waals surface area contributed by atoms with E-state index >= 15 is 0 Å². The Morgan fingerprint density at radius 1 is 1.12 bits per heavy atom. The van der Waals surface area contributed by atoms with Gasteiger partial charge in [0.25, 0.3) is 0 Å². The molecule has 7 heteroatoms. The number of benzene rings is 2. The molecule has 25 heavy (non-hydrogen) atoms. The number of nitrogens with one attached hydrogen (secondary N) is 1. The quantitative estimate of drug-likeness (QED) is 0.763. The number of amides is 1. The largest absolute Gasteiger partial charge is 0.496 e. The van der Waals surface area contributed by atoms with E-state index in [4.69, 9.17) is 16.3 Å². The lowest BCUT2D eigenvalue weighted by molar-refractivity contribution is -0.120. The fourth-order valence-electron chi connectivity index (χ4n) is 2.37. The minimum absolute atomic E-state index is 0.0542. The maximum absolute atomic E-state index is 12.3. The van der Waals surface area contributed by atoms with Crippen molar-refractivity contribution in [3.8, 4) is 5.75 Å². The van der Waals surface area contributed by atoms with Crippen LogP contribution in [-0.2, 0) is 21.1 Å². The second-order valence-corrected chi connectivity index (χ2v) is 7.90. The molecule has 0 aliphatic heterocycles. The molecule has 0 aliphatic carbocycles. The van der Waals surface area contributed by atoms with E-state index in [1.807, 2.05) is 24.3 Å². The normalized spacial score (nSPS) is 11.1. The predicted molar refractivity (Wildman–Crippen MR) is 97.8 cm³/mol. The average molecular weight is 382 g/mol. The number of ether oxygens (including phenoxy) is 1. The Hall–Kier alpha value is -2.05. The standard InChI is InChI=1S/C18H20ClNO4S/c1-24-16-8-4-2-6-14(16)10-12-20-18(21)11-13-25(22,23)17-9-5-3-7-15(17)19/h2-9H,10-13H2,1H3,(H,20,21). The van der Waals surface area contributed by atoms with Crippen molar-refractivity contribution < 1.29 is 17.9 Å². The van der Waals surface area contributed by atoms with E-state index in [1.54, 1.807) is 19.2 Å². The van der Waals surface area contributed by atoms with Gasteiger partial charge < -0.3 is 10.1 Å². The van der Waals surface area contributed by atoms with E-state index in [-0.39, 0.29) is 28.0 Å². The molecule has 0 aliphatic rings. The molecule has 5 nitrogen and oxygen atoms in total. The smallest absolute Gasteiger partial charge is 0.221 e. The van der Waals surface area contributed by atoms with Gasteiger partial charge in [-0.15, -0.1) is 0 Å². The van der Waals surface area contributed by atoms with Gasteiger partial charge in [-0.25, -0.2) is 8.42 Å². The first-order valence-electron chi connectivity index (χ1n) is 7.80. The molecule has 0 heterocycles. The summed E-state index contributed by atoms with van der Waals surface area (Å²) in [6.07, 6.45) is 0.493. The number of hydrogen-bond acceptors (Lipinski definition) is 4. The van der Waals surface area contributed by atoms with Crippen molar-refractivity contribution in [2.75, 3.05) is 19.4 Å². The predicted octanol–water partition coefficient (Wildman–Crippen LogP) is 2.87. The minimum Gasteiger partial charge on any atom is -0.496 e. The molecule has 0 spiro atoms. The number of para-hydroxylation sites is 1. The van der Waals surface area contributed by atoms with Crippen LogP contribution in [0.5, 0.6) is 5.75 Å². The van der Waals surface area contributed by atoms with Crippen molar-refractivity contribution >= 4 is 27.3 Å². The summed E-state index contributed by atoms with van der Waals surface area (Å²) < 4.78 is 29.8. The Kier molecular flexibility index (Phi) is 6.84. The van der Waals surface area contributed by atoms with Crippen LogP contribution in [0.25, 0.3) is 0 Å². The third kappa shape index (κ3) is 5.47. The van der Waals surface area contributed by atoms with Crippen LogP contribution in [-0.4, -0.2) is 33.7 Å². The zero-order valence-corrected chi connectivity index (χ0v) is 15.4. The topological polar surface area (TPSA) is 72.5 Å². The molecule has 0 saturated heterocycles. The van der Waals surface area contributed by atoms with Gasteiger partial charge in [-0.3, -0.25) is 4.79 Å². The molecule has 1 N–H and O–H groups in total. The Balaban J connectivity index is 1.84. The van der Waals surface area contributed by atoms with Gasteiger partial charge >= 0.3 is 0 Å². The van der Waals surface area contributed by atoms with Crippen LogP contribution in [0, 0.1) is 0 Å². The molecule has 0 fully saturated rings. The lowest BCUT2D eigenvalue weighted by Gasteiger charge is -2.09. The summed E-state index contributed by atoms with van der Waals surface area (Å²) in [5.41, 5.74) is 0.981. The number of hydrogen-bond donors (Lipinski definition) is 1. The van der Waals surface area contributed by atoms with Crippen molar-refractivity contribution in [1.29, 1.82) is 0 Å². The van der Waals surface area contributed by atoms with Crippen LogP contribution in [0.3, 0.4) is 0 Å². The van der Waals surface area contributed by atoms with Crippen molar-refractivity contribution in [3.05, 3.63) is 59.1 Å². The molecular weight excluding hydrogens is 362 g/mol. The number of carbonyl (C=O) groups is 1. The zero-order valence-electron chi connectivity index (χ0n) is 13.9. The highest BCUT2D eigenvalue weighted by molar-refractivity contribution is 7.91. The van der Waals surface area contributed by atoms with Crippen LogP contribution >= 0.6 is 11.6 Å². The van der Waals surface area contributed by atoms with Crippen molar-refractivity contribution in [2.45, 2.75) is 17.7 Å². The average Bonchev–Trinajstić information content (AvgIpc) is 2.61. The van der Waals surface area contributed by atoms with Gasteiger partial charge in [0.2, 0.25) is 5.91 Å². The van der Waals surface area contributed by atoms with E-state index < -0.39 is 9.84 Å². The zero-order chi connectivity index (χ0) is 18.3. The second-order valence-electron chi connectivity index (χ2n) is 5.41. The van der Waals surface area contributed by atoms with Crippen molar-refractivity contribution in [3.63, 3.8) is 0 Å². The minimum atomic E-state index is -3.59. The fraction of sp³-hybridized carbons (Fsp3) is 0.278. The van der Waals surface area contributed by atoms with Crippen molar-refractivity contribution in [1.82, 2.24) is 5.32 Å². The van der Waals surface area contributed by atoms with Crippen LogP contribution in [0.4, 0.5) is 0 Å². The Morgan fingerprint density at radius 3 is 2.52 bits per heavy atom. The van der Waals surface area contributed by atoms with Crippen LogP contribution in [0.1, 0.15) is 12.0 Å². The monoisotopic (exact) mass is 381 g/mol. The highest BCUT2D eigenvalue weighted by atomic mass is 35.5. The van der Waals surface area contributed by atoms with E-state index in [9.17, 15) is 13.2 Å². The first kappa shape index (κ1) is 19.3. The molecule has 2 rings (SSSR count). The lowest BCUT2D eigenvalue weighted by Crippen LogP contribution is -2.27. The van der Waals surface area contributed by atoms with E-state index in [2.05, 4.69) is 5.32 Å². The van der Waals surface area contributed by atoms with Gasteiger partial charge in [0.05, 0.1) is 22.8 Å². The first-order valence-corrected chi connectivity index (χ1v) is 9.83. The molecular formula is C18H20ClNO4S. The Bertz CT molecular complexity index is 836. The highest BCUT2D eigenvalue weighted by Gasteiger charge is 2.19. The molecule has 134 valence electrons. The van der Waals surface area contributed by atoms with Gasteiger partial charge in [-0.1, -0.05) is 41.9 Å². The molecule has 2 aromatic rings. The summed E-state index contributed by atoms with van der Waals surface area (Å²) in [5, 5.41) is 2.90. The summed E-state index contributed by atoms with van der Waals surface area (Å²) >= 11 is 5.91. The number of sulfone groups is 1. The van der Waals surface area contributed by atoms with Crippen molar-refractivity contribution in [2.24, 2.45) is 0 Å². The molecule has 1 amide bonds. The van der Waals surface area contributed by atoms with E-state index in [0.29, 0.717) is 13.0 Å². The SMILES string of the molecule is COc1ccccc1CCNC(=O)CCS(=O)(=O)c1ccccc1Cl. The number of halogens is 1. The highest BCUT2D eigenvalue weighted by Crippen LogP contribution is 2.22. The summed E-state index contributed by atoms with van der Waals surface area (Å²) in [6.45, 7) is 0.408. The first-order chi connectivity index (χ1) is 11.9. The molecule has 0 unspecified atom stereocenters. The number of methoxy groups -OCH3 is 1. The second kappa shape index (κ2) is 8.87. The Labute approximate surface area is 152 Å². The maximum atomic E-state index is 12.3. The van der Waals surface area contributed by atoms with Gasteiger partial charge in [-0.2, -0.15) is 0 Å². The third-order valence-corrected chi connectivity index (χ3v) is 5.89. The molecule has 0 radical (unpaired) electrons. The summed E-state index contributed by atoms with van der Waals surface area (Å²) in [4.78, 5) is 12.0. The van der Waals surface area contributed by atoms with Crippen LogP contribution in [0.2, 0.25) is 5.02 Å². The van der Waals surface area contributed by atoms with Gasteiger partial charge in [0.15, 0.2) is 9.84 Å². The molecule has 0 saturated carbocycles. The van der Waals surface area contributed by atoms with E-state index in [1.165, 1.54) is 12.1 Å². The van der Waals surface area contributed by atoms with Gasteiger partial charge in [0, 0.05) is 13.0 Å². The summed E-state index contributed by atoms with van der Waals surface area (Å²) in [6, 6.07) is 13.8. The molecule has 0 atom stereocenters. The molecule has 0 aromatic heterocycles. The number of rotatable bonds is 8. The van der Waals surface area contributed by atoms with Crippen LogP contribution < -0.4 is 10.1 Å². The summed E-state index contributed by atoms with van der Waals surface area (Å²) in [7, 11) is -1.99. The molecule has 0 bridgehead atoms. The van der Waals surface area contributed by atoms with E-state index in [0.717, 1.165) is 11.3 Å². The lowest BCUT2D eigenvalue weighted by atomic mass is 10.1. The van der Waals surface area contributed by atoms with Gasteiger partial charge in [-0.05, 0) is 30.2 Å². The summed E-state index contributed by atoms with van der Waals surface area (Å²) in [5.74, 6) is 0.167. The Morgan fingerprint density at radius 2 is 1.80 bits per heavy atom. The van der Waals surface area contributed by atoms with Gasteiger partial charge in [0.1, 0.15) is 5.75 Å². The fourth-order valence-corrected chi connectivity index (χ4v) is 4.18. The van der Waals surface area contributed by atoms with Crippen LogP contribution in [0.15, 0.2) is 53.4 Å². The molecule has 2 aromatic carbocycles.